The quantitative estimate of drug-likeness (QED) is 0.401. The number of hydrogen-bond donors (Lipinski definition) is 1. The molecular formula is C27H32N2O9. The second kappa shape index (κ2) is 13.4. The van der Waals surface area contributed by atoms with Gasteiger partial charge in [0.25, 0.3) is 5.91 Å². The van der Waals surface area contributed by atoms with Crippen LogP contribution in [0.3, 0.4) is 0 Å². The summed E-state index contributed by atoms with van der Waals surface area (Å²) in [7, 11) is 1.33. The molecule has 11 heteroatoms. The molecule has 3 rings (SSSR count). The fourth-order valence-corrected chi connectivity index (χ4v) is 3.77. The Morgan fingerprint density at radius 1 is 1.13 bits per heavy atom. The lowest BCUT2D eigenvalue weighted by Crippen LogP contribution is -2.46. The van der Waals surface area contributed by atoms with Gasteiger partial charge in [0.2, 0.25) is 5.75 Å². The van der Waals surface area contributed by atoms with Gasteiger partial charge in [0.1, 0.15) is 6.61 Å². The fourth-order valence-electron chi connectivity index (χ4n) is 3.77. The van der Waals surface area contributed by atoms with E-state index in [1.807, 2.05) is 44.2 Å². The average molecular weight is 529 g/mol. The van der Waals surface area contributed by atoms with Gasteiger partial charge in [-0.3, -0.25) is 9.59 Å². The maximum Gasteiger partial charge on any atom is 0.514 e. The Bertz CT molecular complexity index is 1140. The van der Waals surface area contributed by atoms with E-state index in [4.69, 9.17) is 23.7 Å². The SMILES string of the molecule is COc1ccnc(C(=O)N[C@H]2COC(=O)[C@H](Cc3ccccc3)C[C@H](C)OC2=O)c1OC(=O)OCC(C)C. The van der Waals surface area contributed by atoms with Crippen LogP contribution in [0, 0.1) is 11.8 Å². The molecule has 0 bridgehead atoms. The summed E-state index contributed by atoms with van der Waals surface area (Å²) in [5.74, 6) is -2.87. The number of rotatable bonds is 8. The summed E-state index contributed by atoms with van der Waals surface area (Å²) >= 11 is 0. The molecule has 0 radical (unpaired) electrons. The van der Waals surface area contributed by atoms with E-state index in [9.17, 15) is 19.2 Å². The standard InChI is InChI=1S/C27H32N2O9/c1-16(2)14-36-27(33)38-23-21(34-4)10-11-28-22(23)24(30)29-20-15-35-25(31)19(12-17(3)37-26(20)32)13-18-8-6-5-7-9-18/h5-11,16-17,19-20H,12-15H2,1-4H3,(H,29,30)/t17-,19-,20-/m0/s1. The number of esters is 2. The van der Waals surface area contributed by atoms with Gasteiger partial charge < -0.3 is 29.0 Å². The molecule has 1 aromatic heterocycles. The molecule has 2 aromatic rings. The molecule has 1 aromatic carbocycles. The summed E-state index contributed by atoms with van der Waals surface area (Å²) in [6.07, 6.45) is 0.296. The molecule has 1 aliphatic rings. The third-order valence-corrected chi connectivity index (χ3v) is 5.60. The van der Waals surface area contributed by atoms with Crippen LogP contribution in [0.1, 0.15) is 43.2 Å². The van der Waals surface area contributed by atoms with E-state index >= 15 is 0 Å². The van der Waals surface area contributed by atoms with E-state index < -0.39 is 48.7 Å². The largest absolute Gasteiger partial charge is 0.514 e. The first-order chi connectivity index (χ1) is 18.2. The zero-order valence-corrected chi connectivity index (χ0v) is 21.8. The van der Waals surface area contributed by atoms with Crippen molar-refractivity contribution in [1.82, 2.24) is 10.3 Å². The van der Waals surface area contributed by atoms with Crippen molar-refractivity contribution in [2.75, 3.05) is 20.3 Å². The van der Waals surface area contributed by atoms with Crippen LogP contribution in [0.2, 0.25) is 0 Å². The molecule has 11 nitrogen and oxygen atoms in total. The lowest BCUT2D eigenvalue weighted by atomic mass is 9.94. The Kier molecular flexibility index (Phi) is 10.0. The number of methoxy groups -OCH3 is 1. The minimum atomic E-state index is -1.32. The maximum absolute atomic E-state index is 13.1. The molecule has 0 aliphatic carbocycles. The summed E-state index contributed by atoms with van der Waals surface area (Å²) in [5.41, 5.74) is 0.612. The van der Waals surface area contributed by atoms with E-state index in [2.05, 4.69) is 10.3 Å². The summed E-state index contributed by atoms with van der Waals surface area (Å²) in [6, 6.07) is 9.51. The first kappa shape index (κ1) is 28.4. The van der Waals surface area contributed by atoms with Crippen LogP contribution in [-0.4, -0.2) is 61.5 Å². The van der Waals surface area contributed by atoms with Gasteiger partial charge in [-0.05, 0) is 31.2 Å². The highest BCUT2D eigenvalue weighted by Gasteiger charge is 2.34. The Labute approximate surface area is 220 Å². The molecule has 1 N–H and O–H groups in total. The monoisotopic (exact) mass is 528 g/mol. The van der Waals surface area contributed by atoms with Crippen LogP contribution in [0.5, 0.6) is 11.5 Å². The van der Waals surface area contributed by atoms with E-state index in [-0.39, 0.29) is 36.1 Å². The normalized spacial score (nSPS) is 19.8. The Morgan fingerprint density at radius 2 is 1.87 bits per heavy atom. The highest BCUT2D eigenvalue weighted by atomic mass is 16.7. The molecule has 1 fully saturated rings. The third-order valence-electron chi connectivity index (χ3n) is 5.60. The summed E-state index contributed by atoms with van der Waals surface area (Å²) in [5, 5.41) is 2.46. The number of amides is 1. The van der Waals surface area contributed by atoms with Crippen LogP contribution in [0.15, 0.2) is 42.6 Å². The molecule has 0 saturated carbocycles. The van der Waals surface area contributed by atoms with Crippen LogP contribution < -0.4 is 14.8 Å². The number of nitrogens with one attached hydrogen (secondary N) is 1. The molecule has 38 heavy (non-hydrogen) atoms. The smallest absolute Gasteiger partial charge is 0.493 e. The Hall–Kier alpha value is -4.15. The second-order valence-electron chi connectivity index (χ2n) is 9.27. The molecule has 3 atom stereocenters. The van der Waals surface area contributed by atoms with Gasteiger partial charge in [-0.2, -0.15) is 0 Å². The number of benzene rings is 1. The average Bonchev–Trinajstić information content (AvgIpc) is 2.93. The number of hydrogen-bond acceptors (Lipinski definition) is 10. The van der Waals surface area contributed by atoms with Crippen LogP contribution in [0.4, 0.5) is 4.79 Å². The number of pyridine rings is 1. The molecule has 0 spiro atoms. The van der Waals surface area contributed by atoms with E-state index in [0.717, 1.165) is 5.56 Å². The van der Waals surface area contributed by atoms with Crippen molar-refractivity contribution in [3.8, 4) is 11.5 Å². The number of carbonyl (C=O) groups is 4. The molecule has 204 valence electrons. The number of aromatic nitrogens is 1. The van der Waals surface area contributed by atoms with Gasteiger partial charge in [-0.1, -0.05) is 44.2 Å². The first-order valence-corrected chi connectivity index (χ1v) is 12.3. The van der Waals surface area contributed by atoms with E-state index in [1.54, 1.807) is 6.92 Å². The van der Waals surface area contributed by atoms with Crippen molar-refractivity contribution < 1.29 is 42.9 Å². The summed E-state index contributed by atoms with van der Waals surface area (Å²) < 4.78 is 26.3. The summed E-state index contributed by atoms with van der Waals surface area (Å²) in [4.78, 5) is 55.0. The summed E-state index contributed by atoms with van der Waals surface area (Å²) in [6.45, 7) is 5.03. The fraction of sp³-hybridized carbons (Fsp3) is 0.444. The van der Waals surface area contributed by atoms with Gasteiger partial charge in [-0.25, -0.2) is 14.6 Å². The van der Waals surface area contributed by atoms with Crippen LogP contribution in [0.25, 0.3) is 0 Å². The number of nitrogens with zero attached hydrogens (tertiary/aromatic N) is 1. The van der Waals surface area contributed by atoms with Crippen molar-refractivity contribution >= 4 is 24.0 Å². The minimum Gasteiger partial charge on any atom is -0.493 e. The topological polar surface area (TPSA) is 139 Å². The van der Waals surface area contributed by atoms with Gasteiger partial charge in [0, 0.05) is 12.3 Å². The second-order valence-corrected chi connectivity index (χ2v) is 9.27. The highest BCUT2D eigenvalue weighted by Crippen LogP contribution is 2.30. The predicted octanol–water partition coefficient (Wildman–Crippen LogP) is 3.10. The van der Waals surface area contributed by atoms with Crippen LogP contribution >= 0.6 is 0 Å². The van der Waals surface area contributed by atoms with Gasteiger partial charge in [-0.15, -0.1) is 0 Å². The van der Waals surface area contributed by atoms with Crippen molar-refractivity contribution in [3.63, 3.8) is 0 Å². The zero-order chi connectivity index (χ0) is 27.7. The molecule has 0 unspecified atom stereocenters. The van der Waals surface area contributed by atoms with Crippen molar-refractivity contribution in [2.24, 2.45) is 11.8 Å². The van der Waals surface area contributed by atoms with Gasteiger partial charge >= 0.3 is 18.1 Å². The van der Waals surface area contributed by atoms with Gasteiger partial charge in [0.15, 0.2) is 17.5 Å². The van der Waals surface area contributed by atoms with Crippen molar-refractivity contribution in [2.45, 2.75) is 45.8 Å². The lowest BCUT2D eigenvalue weighted by Gasteiger charge is -2.19. The Balaban J connectivity index is 1.75. The molecule has 1 saturated heterocycles. The van der Waals surface area contributed by atoms with Crippen LogP contribution in [-0.2, 0) is 30.2 Å². The lowest BCUT2D eigenvalue weighted by molar-refractivity contribution is -0.152. The highest BCUT2D eigenvalue weighted by molar-refractivity contribution is 5.98. The van der Waals surface area contributed by atoms with Crippen molar-refractivity contribution in [3.05, 3.63) is 53.9 Å². The van der Waals surface area contributed by atoms with Gasteiger partial charge in [0.05, 0.1) is 25.7 Å². The third kappa shape index (κ3) is 7.92. The molecule has 1 amide bonds. The predicted molar refractivity (Wildman–Crippen MR) is 134 cm³/mol. The first-order valence-electron chi connectivity index (χ1n) is 12.3. The molecule has 2 heterocycles. The molecular weight excluding hydrogens is 496 g/mol. The minimum absolute atomic E-state index is 0.0486. The maximum atomic E-state index is 13.1. The molecule has 1 aliphatic heterocycles. The zero-order valence-electron chi connectivity index (χ0n) is 21.8. The number of cyclic esters (lactones) is 2. The number of carbonyl (C=O) groups excluding carboxylic acids is 4. The van der Waals surface area contributed by atoms with E-state index in [0.29, 0.717) is 6.42 Å². The Morgan fingerprint density at radius 3 is 2.55 bits per heavy atom. The van der Waals surface area contributed by atoms with Crippen molar-refractivity contribution in [1.29, 1.82) is 0 Å². The number of ether oxygens (including phenoxy) is 5. The van der Waals surface area contributed by atoms with E-state index in [1.165, 1.54) is 19.4 Å².